The Morgan fingerprint density at radius 3 is 2.58 bits per heavy atom. The monoisotopic (exact) mass is 354 g/mol. The summed E-state index contributed by atoms with van der Waals surface area (Å²) in [6, 6.07) is 14.3. The van der Waals surface area contributed by atoms with Gasteiger partial charge in [0, 0.05) is 18.0 Å². The maximum absolute atomic E-state index is 13.4. The molecular formula is C21H23FN2O2. The highest BCUT2D eigenvalue weighted by Gasteiger charge is 2.47. The van der Waals surface area contributed by atoms with E-state index in [1.807, 2.05) is 23.1 Å². The predicted octanol–water partition coefficient (Wildman–Crippen LogP) is 2.40. The molecule has 4 nitrogen and oxygen atoms in total. The van der Waals surface area contributed by atoms with Crippen molar-refractivity contribution in [1.82, 2.24) is 4.90 Å². The Balaban J connectivity index is 1.67. The quantitative estimate of drug-likeness (QED) is 0.889. The summed E-state index contributed by atoms with van der Waals surface area (Å²) in [5.41, 5.74) is 8.64. The average Bonchev–Trinajstić information content (AvgIpc) is 2.65. The van der Waals surface area contributed by atoms with Gasteiger partial charge in [0.05, 0.1) is 12.6 Å². The lowest BCUT2D eigenvalue weighted by molar-refractivity contribution is -0.143. The van der Waals surface area contributed by atoms with Crippen LogP contribution in [0, 0.1) is 11.7 Å². The molecule has 1 amide bonds. The smallest absolute Gasteiger partial charge is 0.226 e. The van der Waals surface area contributed by atoms with E-state index in [-0.39, 0.29) is 30.3 Å². The molecule has 2 aromatic carbocycles. The number of fused-ring (bicyclic) bond motifs is 1. The van der Waals surface area contributed by atoms with Crippen LogP contribution < -0.4 is 5.73 Å². The minimum absolute atomic E-state index is 0.0725. The van der Waals surface area contributed by atoms with Crippen LogP contribution in [-0.2, 0) is 11.2 Å². The van der Waals surface area contributed by atoms with Crippen LogP contribution in [0.15, 0.2) is 48.5 Å². The summed E-state index contributed by atoms with van der Waals surface area (Å²) < 4.78 is 13.4. The van der Waals surface area contributed by atoms with Crippen molar-refractivity contribution in [3.63, 3.8) is 0 Å². The zero-order valence-corrected chi connectivity index (χ0v) is 14.6. The Morgan fingerprint density at radius 2 is 1.88 bits per heavy atom. The lowest BCUT2D eigenvalue weighted by Gasteiger charge is -2.47. The Kier molecular flexibility index (Phi) is 4.29. The van der Waals surface area contributed by atoms with Gasteiger partial charge in [0.1, 0.15) is 5.82 Å². The summed E-state index contributed by atoms with van der Waals surface area (Å²) >= 11 is 0. The van der Waals surface area contributed by atoms with E-state index < -0.39 is 5.54 Å². The third-order valence-corrected chi connectivity index (χ3v) is 5.72. The first-order valence-electron chi connectivity index (χ1n) is 9.04. The third kappa shape index (κ3) is 2.91. The molecule has 0 saturated heterocycles. The van der Waals surface area contributed by atoms with Crippen molar-refractivity contribution >= 4 is 5.91 Å². The van der Waals surface area contributed by atoms with E-state index in [0.29, 0.717) is 19.4 Å². The standard InChI is InChI=1S/C21H23FN2O2/c22-17-7-5-15(6-8-17)19-18-4-2-1-3-14(18)9-10-24(19)20(26)16-11-21(23,12-16)13-25/h1-8,16,19,25H,9-13,23H2/t16-,19-,21+/m0/s1. The fourth-order valence-corrected chi connectivity index (χ4v) is 4.27. The second-order valence-electron chi connectivity index (χ2n) is 7.56. The number of carbonyl (C=O) groups is 1. The Bertz CT molecular complexity index is 815. The molecule has 0 bridgehead atoms. The van der Waals surface area contributed by atoms with Gasteiger partial charge in [0.25, 0.3) is 0 Å². The molecule has 0 radical (unpaired) electrons. The van der Waals surface area contributed by atoms with Crippen LogP contribution in [0.5, 0.6) is 0 Å². The highest BCUT2D eigenvalue weighted by atomic mass is 19.1. The van der Waals surface area contributed by atoms with Crippen LogP contribution in [0.1, 0.15) is 35.6 Å². The molecule has 26 heavy (non-hydrogen) atoms. The zero-order valence-electron chi connectivity index (χ0n) is 14.6. The molecule has 1 aliphatic carbocycles. The lowest BCUT2D eigenvalue weighted by Crippen LogP contribution is -2.59. The SMILES string of the molecule is N[C@]1(CO)C[C@H](C(=O)N2CCc3ccccc3[C@@H]2c2ccc(F)cc2)C1. The number of hydrogen-bond donors (Lipinski definition) is 2. The van der Waals surface area contributed by atoms with E-state index in [1.54, 1.807) is 12.1 Å². The second kappa shape index (κ2) is 6.49. The van der Waals surface area contributed by atoms with E-state index in [4.69, 9.17) is 5.73 Å². The fraction of sp³-hybridized carbons (Fsp3) is 0.381. The van der Waals surface area contributed by atoms with Crippen molar-refractivity contribution in [1.29, 1.82) is 0 Å². The van der Waals surface area contributed by atoms with Crippen molar-refractivity contribution in [3.8, 4) is 0 Å². The van der Waals surface area contributed by atoms with Crippen molar-refractivity contribution in [3.05, 3.63) is 71.0 Å². The van der Waals surface area contributed by atoms with E-state index in [0.717, 1.165) is 17.5 Å². The summed E-state index contributed by atoms with van der Waals surface area (Å²) in [6.45, 7) is 0.534. The molecule has 1 atom stereocenters. The number of hydrogen-bond acceptors (Lipinski definition) is 3. The van der Waals surface area contributed by atoms with Crippen molar-refractivity contribution in [2.24, 2.45) is 11.7 Å². The van der Waals surface area contributed by atoms with Crippen LogP contribution >= 0.6 is 0 Å². The third-order valence-electron chi connectivity index (χ3n) is 5.72. The number of amides is 1. The van der Waals surface area contributed by atoms with Gasteiger partial charge in [-0.3, -0.25) is 4.79 Å². The first-order chi connectivity index (χ1) is 12.5. The molecule has 136 valence electrons. The summed E-state index contributed by atoms with van der Waals surface area (Å²) in [5.74, 6) is -0.366. The van der Waals surface area contributed by atoms with E-state index in [1.165, 1.54) is 17.7 Å². The van der Waals surface area contributed by atoms with Gasteiger partial charge < -0.3 is 15.7 Å². The van der Waals surface area contributed by atoms with Gasteiger partial charge in [-0.15, -0.1) is 0 Å². The number of aliphatic hydroxyl groups excluding tert-OH is 1. The normalized spacial score (nSPS) is 27.6. The number of nitrogens with two attached hydrogens (primary N) is 1. The Morgan fingerprint density at radius 1 is 1.19 bits per heavy atom. The maximum atomic E-state index is 13.4. The van der Waals surface area contributed by atoms with Crippen LogP contribution in [0.3, 0.4) is 0 Å². The number of rotatable bonds is 3. The second-order valence-corrected chi connectivity index (χ2v) is 7.56. The fourth-order valence-electron chi connectivity index (χ4n) is 4.27. The van der Waals surface area contributed by atoms with E-state index in [2.05, 4.69) is 6.07 Å². The van der Waals surface area contributed by atoms with Crippen molar-refractivity contribution in [2.45, 2.75) is 30.8 Å². The van der Waals surface area contributed by atoms with Crippen LogP contribution in [0.2, 0.25) is 0 Å². The molecule has 1 fully saturated rings. The van der Waals surface area contributed by atoms with Gasteiger partial charge in [0.15, 0.2) is 0 Å². The van der Waals surface area contributed by atoms with Gasteiger partial charge in [-0.2, -0.15) is 0 Å². The van der Waals surface area contributed by atoms with Gasteiger partial charge in [-0.05, 0) is 48.1 Å². The molecule has 2 aliphatic rings. The van der Waals surface area contributed by atoms with Crippen LogP contribution in [0.4, 0.5) is 4.39 Å². The van der Waals surface area contributed by atoms with Crippen LogP contribution in [0.25, 0.3) is 0 Å². The molecular weight excluding hydrogens is 331 g/mol. The van der Waals surface area contributed by atoms with Gasteiger partial charge >= 0.3 is 0 Å². The number of halogens is 1. The van der Waals surface area contributed by atoms with E-state index >= 15 is 0 Å². The first kappa shape index (κ1) is 17.2. The molecule has 1 heterocycles. The minimum atomic E-state index is -0.626. The number of carbonyl (C=O) groups excluding carboxylic acids is 1. The Hall–Kier alpha value is -2.24. The summed E-state index contributed by atoms with van der Waals surface area (Å²) in [5, 5.41) is 9.36. The van der Waals surface area contributed by atoms with Crippen LogP contribution in [-0.4, -0.2) is 34.6 Å². The van der Waals surface area contributed by atoms with E-state index in [9.17, 15) is 14.3 Å². The first-order valence-corrected chi connectivity index (χ1v) is 9.04. The molecule has 3 N–H and O–H groups in total. The maximum Gasteiger partial charge on any atom is 0.226 e. The summed E-state index contributed by atoms with van der Waals surface area (Å²) in [6.07, 6.45) is 1.83. The van der Waals surface area contributed by atoms with Gasteiger partial charge in [-0.1, -0.05) is 36.4 Å². The summed E-state index contributed by atoms with van der Waals surface area (Å²) in [7, 11) is 0. The molecule has 1 aliphatic heterocycles. The van der Waals surface area contributed by atoms with Gasteiger partial charge in [-0.25, -0.2) is 4.39 Å². The molecule has 0 spiro atoms. The average molecular weight is 354 g/mol. The topological polar surface area (TPSA) is 66.6 Å². The Labute approximate surface area is 152 Å². The highest BCUT2D eigenvalue weighted by Crippen LogP contribution is 2.41. The molecule has 4 rings (SSSR count). The number of benzene rings is 2. The van der Waals surface area contributed by atoms with Gasteiger partial charge in [0.2, 0.25) is 5.91 Å². The minimum Gasteiger partial charge on any atom is -0.394 e. The molecule has 2 aromatic rings. The number of nitrogens with zero attached hydrogens (tertiary/aromatic N) is 1. The molecule has 1 saturated carbocycles. The molecule has 0 aromatic heterocycles. The molecule has 0 unspecified atom stereocenters. The largest absolute Gasteiger partial charge is 0.394 e. The molecule has 5 heteroatoms. The van der Waals surface area contributed by atoms with Crippen molar-refractivity contribution < 1.29 is 14.3 Å². The zero-order chi connectivity index (χ0) is 18.3. The number of aliphatic hydroxyl groups is 1. The predicted molar refractivity (Wildman–Crippen MR) is 96.8 cm³/mol. The van der Waals surface area contributed by atoms with Crippen molar-refractivity contribution in [2.75, 3.05) is 13.2 Å². The highest BCUT2D eigenvalue weighted by molar-refractivity contribution is 5.81. The lowest BCUT2D eigenvalue weighted by atomic mass is 9.68. The summed E-state index contributed by atoms with van der Waals surface area (Å²) in [4.78, 5) is 15.1.